The van der Waals surface area contributed by atoms with E-state index in [0.29, 0.717) is 0 Å². The molecule has 3 nitrogen and oxygen atoms in total. The molecule has 3 heteroatoms. The lowest BCUT2D eigenvalue weighted by molar-refractivity contribution is -0.711. The van der Waals surface area contributed by atoms with Crippen molar-refractivity contribution in [2.45, 2.75) is 19.0 Å². The number of nitrogen functional groups attached to an aromatic ring is 1. The molecular formula is C14H15N3+2. The number of rotatable bonds is 0. The van der Waals surface area contributed by atoms with E-state index in [1.165, 1.54) is 27.5 Å². The summed E-state index contributed by atoms with van der Waals surface area (Å²) in [6, 6.07) is 8.81. The summed E-state index contributed by atoms with van der Waals surface area (Å²) in [4.78, 5) is 3.24. The standard InChI is InChI=1S/C14H13N3/c15-13-9-5-3-7-1-2-8-4-6-10(14(16)17-13)12(9)11(7)8/h3-6,13H,1-2,15H2,(H2,16,17)/p+2/t13-/m1/s1. The quantitative estimate of drug-likeness (QED) is 0.528. The second-order valence-corrected chi connectivity index (χ2v) is 4.95. The van der Waals surface area contributed by atoms with Gasteiger partial charge in [0.25, 0.3) is 5.84 Å². The highest BCUT2D eigenvalue weighted by atomic mass is 15.0. The zero-order valence-corrected chi connectivity index (χ0v) is 9.59. The van der Waals surface area contributed by atoms with Gasteiger partial charge in [0.1, 0.15) is 0 Å². The highest BCUT2D eigenvalue weighted by Crippen LogP contribution is 2.36. The van der Waals surface area contributed by atoms with Gasteiger partial charge in [-0.3, -0.25) is 5.73 Å². The second kappa shape index (κ2) is 2.87. The van der Waals surface area contributed by atoms with Crippen LogP contribution in [0, 0.1) is 0 Å². The van der Waals surface area contributed by atoms with Crippen LogP contribution in [0.25, 0.3) is 10.8 Å². The van der Waals surface area contributed by atoms with E-state index in [1.54, 1.807) is 0 Å². The number of benzene rings is 2. The van der Waals surface area contributed by atoms with Gasteiger partial charge in [-0.15, -0.1) is 0 Å². The summed E-state index contributed by atoms with van der Waals surface area (Å²) in [6.07, 6.45) is 2.38. The van der Waals surface area contributed by atoms with E-state index >= 15 is 0 Å². The second-order valence-electron chi connectivity index (χ2n) is 4.95. The Morgan fingerprint density at radius 2 is 1.76 bits per heavy atom. The Kier molecular flexibility index (Phi) is 1.55. The molecule has 0 aromatic heterocycles. The van der Waals surface area contributed by atoms with Crippen LogP contribution in [0.3, 0.4) is 0 Å². The first kappa shape index (κ1) is 9.19. The highest BCUT2D eigenvalue weighted by Gasteiger charge is 2.29. The van der Waals surface area contributed by atoms with Crippen LogP contribution in [0.1, 0.15) is 28.4 Å². The number of hydrogen-bond donors (Lipinski definition) is 3. The maximum atomic E-state index is 6.08. The van der Waals surface area contributed by atoms with Crippen molar-refractivity contribution in [3.63, 3.8) is 0 Å². The predicted molar refractivity (Wildman–Crippen MR) is 66.2 cm³/mol. The first-order chi connectivity index (χ1) is 8.25. The summed E-state index contributed by atoms with van der Waals surface area (Å²) in [7, 11) is 0. The zero-order chi connectivity index (χ0) is 11.6. The predicted octanol–water partition coefficient (Wildman–Crippen LogP) is -1.02. The maximum Gasteiger partial charge on any atom is 0.278 e. The fraction of sp³-hybridized carbons (Fsp3) is 0.214. The fourth-order valence-corrected chi connectivity index (χ4v) is 3.21. The minimum atomic E-state index is 0.0624. The van der Waals surface area contributed by atoms with Crippen molar-refractivity contribution in [3.8, 4) is 0 Å². The molecule has 1 aliphatic heterocycles. The van der Waals surface area contributed by atoms with Crippen molar-refractivity contribution in [3.05, 3.63) is 46.5 Å². The molecule has 2 aromatic carbocycles. The molecule has 4 rings (SSSR count). The van der Waals surface area contributed by atoms with Gasteiger partial charge in [0.2, 0.25) is 6.17 Å². The van der Waals surface area contributed by atoms with Crippen LogP contribution < -0.4 is 16.5 Å². The van der Waals surface area contributed by atoms with E-state index < -0.39 is 0 Å². The van der Waals surface area contributed by atoms with Gasteiger partial charge >= 0.3 is 0 Å². The Labute approximate surface area is 99.1 Å². The normalized spacial score (nSPS) is 20.8. The van der Waals surface area contributed by atoms with Crippen molar-refractivity contribution in [1.29, 1.82) is 0 Å². The number of hydrogen-bond acceptors (Lipinski definition) is 1. The van der Waals surface area contributed by atoms with Crippen molar-refractivity contribution in [2.24, 2.45) is 5.73 Å². The fourth-order valence-electron chi connectivity index (χ4n) is 3.21. The summed E-state index contributed by atoms with van der Waals surface area (Å²) in [6.45, 7) is 0. The summed E-state index contributed by atoms with van der Waals surface area (Å²) in [5.74, 6) is 0.758. The average Bonchev–Trinajstić information content (AvgIpc) is 2.74. The lowest BCUT2D eigenvalue weighted by atomic mass is 9.92. The molecule has 2 aromatic rings. The van der Waals surface area contributed by atoms with Gasteiger partial charge in [-0.1, -0.05) is 12.1 Å². The summed E-state index contributed by atoms with van der Waals surface area (Å²) < 4.78 is 0. The van der Waals surface area contributed by atoms with Gasteiger partial charge in [0.15, 0.2) is 0 Å². The third-order valence-corrected chi connectivity index (χ3v) is 4.02. The molecule has 0 saturated heterocycles. The molecule has 0 amide bonds. The van der Waals surface area contributed by atoms with E-state index in [9.17, 15) is 0 Å². The number of aryl methyl sites for hydroxylation is 2. The van der Waals surface area contributed by atoms with Crippen LogP contribution in [0.2, 0.25) is 0 Å². The monoisotopic (exact) mass is 225 g/mol. The van der Waals surface area contributed by atoms with Crippen LogP contribution in [0.15, 0.2) is 24.3 Å². The average molecular weight is 225 g/mol. The Morgan fingerprint density at radius 1 is 1.06 bits per heavy atom. The first-order valence-corrected chi connectivity index (χ1v) is 6.05. The molecule has 84 valence electrons. The van der Waals surface area contributed by atoms with Crippen LogP contribution in [-0.2, 0) is 12.8 Å². The number of nitrogens with two attached hydrogens (primary N) is 1. The molecule has 2 aliphatic rings. The van der Waals surface area contributed by atoms with Crippen LogP contribution in [0.5, 0.6) is 0 Å². The third-order valence-electron chi connectivity index (χ3n) is 4.02. The highest BCUT2D eigenvalue weighted by molar-refractivity contribution is 6.10. The van der Waals surface area contributed by atoms with Gasteiger partial charge in [0.05, 0.1) is 11.1 Å². The molecule has 0 spiro atoms. The third kappa shape index (κ3) is 1.02. The number of quaternary nitrogens is 1. The summed E-state index contributed by atoms with van der Waals surface area (Å²) >= 11 is 0. The summed E-state index contributed by atoms with van der Waals surface area (Å²) in [5.41, 5.74) is 15.6. The van der Waals surface area contributed by atoms with E-state index in [2.05, 4.69) is 35.0 Å². The topological polar surface area (TPSA) is 67.6 Å². The van der Waals surface area contributed by atoms with Crippen LogP contribution in [0.4, 0.5) is 0 Å². The van der Waals surface area contributed by atoms with E-state index in [4.69, 9.17) is 5.73 Å². The molecular weight excluding hydrogens is 210 g/mol. The van der Waals surface area contributed by atoms with E-state index in [-0.39, 0.29) is 6.17 Å². The molecule has 0 fully saturated rings. The van der Waals surface area contributed by atoms with Gasteiger partial charge < -0.3 is 5.73 Å². The molecule has 1 atom stereocenters. The molecule has 6 N–H and O–H groups in total. The number of amidine groups is 1. The van der Waals surface area contributed by atoms with E-state index in [1.807, 2.05) is 0 Å². The van der Waals surface area contributed by atoms with Crippen molar-refractivity contribution in [1.82, 2.24) is 0 Å². The molecule has 0 unspecified atom stereocenters. The minimum Gasteiger partial charge on any atom is -0.316 e. The Morgan fingerprint density at radius 3 is 2.53 bits per heavy atom. The SMILES string of the molecule is NC1=[NH+][C@@H]([NH3+])c2ccc3c4c(ccc1c24)CC3. The molecule has 1 heterocycles. The Balaban J connectivity index is 2.26. The zero-order valence-electron chi connectivity index (χ0n) is 9.59. The van der Waals surface area contributed by atoms with Gasteiger partial charge in [-0.2, -0.15) is 0 Å². The van der Waals surface area contributed by atoms with Crippen LogP contribution >= 0.6 is 0 Å². The lowest BCUT2D eigenvalue weighted by Crippen LogP contribution is -2.90. The van der Waals surface area contributed by atoms with Crippen LogP contribution in [-0.4, -0.2) is 5.84 Å². The van der Waals surface area contributed by atoms with E-state index in [0.717, 1.165) is 24.2 Å². The van der Waals surface area contributed by atoms with Crippen molar-refractivity contribution in [2.75, 3.05) is 0 Å². The molecule has 17 heavy (non-hydrogen) atoms. The van der Waals surface area contributed by atoms with Gasteiger partial charge in [-0.05, 0) is 41.5 Å². The van der Waals surface area contributed by atoms with Crippen molar-refractivity contribution >= 4 is 16.6 Å². The van der Waals surface area contributed by atoms with Gasteiger partial charge in [0, 0.05) is 5.39 Å². The lowest BCUT2D eigenvalue weighted by Gasteiger charge is -2.16. The molecule has 0 bridgehead atoms. The largest absolute Gasteiger partial charge is 0.316 e. The number of nitrogens with one attached hydrogen (secondary N) is 1. The Bertz CT molecular complexity index is 675. The smallest absolute Gasteiger partial charge is 0.278 e. The summed E-state index contributed by atoms with van der Waals surface area (Å²) in [5, 5.41) is 2.76. The molecule has 0 radical (unpaired) electrons. The van der Waals surface area contributed by atoms with Gasteiger partial charge in [-0.25, -0.2) is 4.99 Å². The first-order valence-electron chi connectivity index (χ1n) is 6.05. The minimum absolute atomic E-state index is 0.0624. The molecule has 1 aliphatic carbocycles. The molecule has 0 saturated carbocycles. The van der Waals surface area contributed by atoms with Crippen molar-refractivity contribution < 1.29 is 10.7 Å². The maximum absolute atomic E-state index is 6.08. The Hall–Kier alpha value is -1.87.